The number of furan rings is 1. The predicted octanol–water partition coefficient (Wildman–Crippen LogP) is 4.57. The Hall–Kier alpha value is -2.25. The highest BCUT2D eigenvalue weighted by atomic mass is 35.5. The van der Waals surface area contributed by atoms with Crippen LogP contribution in [0.2, 0.25) is 5.02 Å². The van der Waals surface area contributed by atoms with Crippen LogP contribution in [0.5, 0.6) is 0 Å². The molecule has 30 heavy (non-hydrogen) atoms. The number of nitrogens with zero attached hydrogens (tertiary/aromatic N) is 3. The van der Waals surface area contributed by atoms with Crippen LogP contribution in [0.1, 0.15) is 38.4 Å². The third-order valence-electron chi connectivity index (χ3n) is 5.32. The fourth-order valence-electron chi connectivity index (χ4n) is 3.72. The van der Waals surface area contributed by atoms with Gasteiger partial charge in [-0.25, -0.2) is 4.98 Å². The summed E-state index contributed by atoms with van der Waals surface area (Å²) in [7, 11) is 0. The van der Waals surface area contributed by atoms with Gasteiger partial charge in [0, 0.05) is 18.1 Å². The molecule has 1 fully saturated rings. The largest absolute Gasteiger partial charge is 0.467 e. The number of rotatable bonds is 5. The summed E-state index contributed by atoms with van der Waals surface area (Å²) in [6.45, 7) is 3.72. The Morgan fingerprint density at radius 2 is 2.00 bits per heavy atom. The number of likely N-dealkylation sites (tertiary alicyclic amines) is 1. The third-order valence-corrected chi connectivity index (χ3v) is 6.64. The number of amides is 1. The van der Waals surface area contributed by atoms with E-state index in [-0.39, 0.29) is 23.3 Å². The molecule has 1 aliphatic heterocycles. The molecule has 1 unspecified atom stereocenters. The molecule has 3 heterocycles. The topological polar surface area (TPSA) is 68.3 Å². The average Bonchev–Trinajstić information content (AvgIpc) is 3.09. The molecule has 0 radical (unpaired) electrons. The van der Waals surface area contributed by atoms with Gasteiger partial charge >= 0.3 is 0 Å². The van der Waals surface area contributed by atoms with Gasteiger partial charge in [0.05, 0.1) is 29.0 Å². The molecule has 0 aliphatic carbocycles. The summed E-state index contributed by atoms with van der Waals surface area (Å²) in [4.78, 5) is 32.9. The van der Waals surface area contributed by atoms with Crippen molar-refractivity contribution in [3.8, 4) is 0 Å². The van der Waals surface area contributed by atoms with Crippen molar-refractivity contribution in [3.05, 3.63) is 57.7 Å². The van der Waals surface area contributed by atoms with E-state index >= 15 is 0 Å². The van der Waals surface area contributed by atoms with Gasteiger partial charge in [0.2, 0.25) is 5.91 Å². The van der Waals surface area contributed by atoms with Crippen LogP contribution in [0, 0.1) is 0 Å². The van der Waals surface area contributed by atoms with Crippen molar-refractivity contribution in [2.24, 2.45) is 0 Å². The van der Waals surface area contributed by atoms with Crippen LogP contribution in [0.25, 0.3) is 10.9 Å². The maximum atomic E-state index is 13.2. The Morgan fingerprint density at radius 1 is 1.23 bits per heavy atom. The Labute approximate surface area is 184 Å². The number of thioether (sulfide) groups is 1. The first-order valence-corrected chi connectivity index (χ1v) is 11.5. The minimum atomic E-state index is -0.352. The Balaban J connectivity index is 1.68. The van der Waals surface area contributed by atoms with Crippen LogP contribution in [-0.2, 0) is 11.3 Å². The highest BCUT2D eigenvalue weighted by Crippen LogP contribution is 2.26. The lowest BCUT2D eigenvalue weighted by molar-refractivity contribution is -0.130. The average molecular weight is 446 g/mol. The molecule has 8 heteroatoms. The van der Waals surface area contributed by atoms with Gasteiger partial charge in [-0.3, -0.25) is 14.2 Å². The van der Waals surface area contributed by atoms with Crippen LogP contribution in [0.4, 0.5) is 0 Å². The van der Waals surface area contributed by atoms with Crippen molar-refractivity contribution in [1.82, 2.24) is 14.5 Å². The summed E-state index contributed by atoms with van der Waals surface area (Å²) in [6.07, 6.45) is 5.99. The number of hydrogen-bond donors (Lipinski definition) is 0. The number of halogens is 1. The fraction of sp³-hybridized carbons (Fsp3) is 0.409. The van der Waals surface area contributed by atoms with E-state index in [2.05, 4.69) is 0 Å². The smallest absolute Gasteiger partial charge is 0.262 e. The van der Waals surface area contributed by atoms with E-state index in [0.29, 0.717) is 26.8 Å². The molecular weight excluding hydrogens is 422 g/mol. The molecule has 0 N–H and O–H groups in total. The minimum Gasteiger partial charge on any atom is -0.467 e. The number of hydrogen-bond acceptors (Lipinski definition) is 5. The maximum Gasteiger partial charge on any atom is 0.262 e. The molecule has 6 nitrogen and oxygen atoms in total. The van der Waals surface area contributed by atoms with Crippen molar-refractivity contribution in [1.29, 1.82) is 0 Å². The van der Waals surface area contributed by atoms with E-state index in [0.717, 1.165) is 25.9 Å². The van der Waals surface area contributed by atoms with E-state index in [1.165, 1.54) is 24.6 Å². The quantitative estimate of drug-likeness (QED) is 0.425. The van der Waals surface area contributed by atoms with Crippen LogP contribution in [-0.4, -0.2) is 38.7 Å². The highest BCUT2D eigenvalue weighted by Gasteiger charge is 2.25. The molecule has 1 saturated heterocycles. The van der Waals surface area contributed by atoms with Crippen LogP contribution in [0.3, 0.4) is 0 Å². The Bertz CT molecular complexity index is 1090. The zero-order valence-electron chi connectivity index (χ0n) is 16.8. The lowest BCUT2D eigenvalue weighted by Crippen LogP contribution is -2.37. The van der Waals surface area contributed by atoms with Crippen LogP contribution >= 0.6 is 23.4 Å². The number of carbonyl (C=O) groups excluding carboxylic acids is 1. The summed E-state index contributed by atoms with van der Waals surface area (Å²) in [5.41, 5.74) is 0.352. The predicted molar refractivity (Wildman–Crippen MR) is 119 cm³/mol. The first-order chi connectivity index (χ1) is 14.5. The summed E-state index contributed by atoms with van der Waals surface area (Å²) in [5.74, 6) is 0.743. The first kappa shape index (κ1) is 21.0. The molecule has 0 saturated carbocycles. The lowest BCUT2D eigenvalue weighted by atomic mass is 10.2. The highest BCUT2D eigenvalue weighted by molar-refractivity contribution is 8.00. The molecule has 1 amide bonds. The second-order valence-corrected chi connectivity index (χ2v) is 9.27. The fourth-order valence-corrected chi connectivity index (χ4v) is 4.88. The van der Waals surface area contributed by atoms with Gasteiger partial charge in [-0.2, -0.15) is 0 Å². The van der Waals surface area contributed by atoms with Gasteiger partial charge in [-0.1, -0.05) is 36.2 Å². The molecule has 1 atom stereocenters. The van der Waals surface area contributed by atoms with Crippen molar-refractivity contribution in [2.75, 3.05) is 13.1 Å². The van der Waals surface area contributed by atoms with E-state index in [9.17, 15) is 9.59 Å². The molecule has 0 spiro atoms. The van der Waals surface area contributed by atoms with Gasteiger partial charge in [0.1, 0.15) is 5.76 Å². The Kier molecular flexibility index (Phi) is 6.49. The standard InChI is InChI=1S/C22H24ClN3O3S/c1-15(20(27)25-10-4-2-3-5-11-25)30-22-24-19-13-16(23)8-9-18(19)21(28)26(22)14-17-7-6-12-29-17/h6-9,12-13,15H,2-5,10-11,14H2,1H3. The van der Waals surface area contributed by atoms with Gasteiger partial charge < -0.3 is 9.32 Å². The van der Waals surface area contributed by atoms with E-state index in [1.807, 2.05) is 17.9 Å². The van der Waals surface area contributed by atoms with E-state index < -0.39 is 0 Å². The van der Waals surface area contributed by atoms with Gasteiger partial charge in [0.25, 0.3) is 5.56 Å². The van der Waals surface area contributed by atoms with Crippen molar-refractivity contribution >= 4 is 40.2 Å². The second kappa shape index (κ2) is 9.27. The van der Waals surface area contributed by atoms with Gasteiger partial charge in [-0.15, -0.1) is 0 Å². The molecule has 1 aromatic carbocycles. The van der Waals surface area contributed by atoms with E-state index in [1.54, 1.807) is 35.1 Å². The Morgan fingerprint density at radius 3 is 2.70 bits per heavy atom. The summed E-state index contributed by atoms with van der Waals surface area (Å²) < 4.78 is 7.02. The van der Waals surface area contributed by atoms with Crippen molar-refractivity contribution in [2.45, 2.75) is 49.6 Å². The molecule has 158 valence electrons. The molecule has 2 aromatic heterocycles. The first-order valence-electron chi connectivity index (χ1n) is 10.2. The summed E-state index contributed by atoms with van der Waals surface area (Å²) >= 11 is 7.43. The number of aromatic nitrogens is 2. The number of benzene rings is 1. The van der Waals surface area contributed by atoms with Gasteiger partial charge in [-0.05, 0) is 50.1 Å². The van der Waals surface area contributed by atoms with E-state index in [4.69, 9.17) is 21.0 Å². The van der Waals surface area contributed by atoms with Crippen molar-refractivity contribution < 1.29 is 9.21 Å². The SMILES string of the molecule is CC(Sc1nc2cc(Cl)ccc2c(=O)n1Cc1ccco1)C(=O)N1CCCCCC1. The molecular formula is C22H24ClN3O3S. The lowest BCUT2D eigenvalue weighted by Gasteiger charge is -2.24. The molecule has 0 bridgehead atoms. The van der Waals surface area contributed by atoms with Crippen LogP contribution < -0.4 is 5.56 Å². The number of carbonyl (C=O) groups is 1. The maximum absolute atomic E-state index is 13.2. The second-order valence-electron chi connectivity index (χ2n) is 7.53. The van der Waals surface area contributed by atoms with Gasteiger partial charge in [0.15, 0.2) is 5.16 Å². The molecule has 1 aliphatic rings. The zero-order valence-corrected chi connectivity index (χ0v) is 18.4. The zero-order chi connectivity index (χ0) is 21.1. The summed E-state index contributed by atoms with van der Waals surface area (Å²) in [6, 6.07) is 8.65. The normalized spacial score (nSPS) is 15.9. The van der Waals surface area contributed by atoms with Crippen LogP contribution in [0.15, 0.2) is 51.0 Å². The molecule has 4 rings (SSSR count). The third kappa shape index (κ3) is 4.57. The molecule has 3 aromatic rings. The summed E-state index contributed by atoms with van der Waals surface area (Å²) in [5, 5.41) is 1.14. The number of fused-ring (bicyclic) bond motifs is 1. The monoisotopic (exact) mass is 445 g/mol. The minimum absolute atomic E-state index is 0.0897. The van der Waals surface area contributed by atoms with Crippen molar-refractivity contribution in [3.63, 3.8) is 0 Å².